The molecule has 0 aliphatic carbocycles. The number of urea groups is 1. The predicted octanol–water partition coefficient (Wildman–Crippen LogP) is 2.74. The highest BCUT2D eigenvalue weighted by Crippen LogP contribution is 2.36. The summed E-state index contributed by atoms with van der Waals surface area (Å²) in [5.74, 6) is 0.894. The molecule has 2 aliphatic rings. The number of aryl methyl sites for hydroxylation is 1. The molecule has 0 unspecified atom stereocenters. The first-order chi connectivity index (χ1) is 14.9. The molecule has 0 aromatic carbocycles. The van der Waals surface area contributed by atoms with E-state index in [0.717, 1.165) is 24.1 Å². The molecule has 0 bridgehead atoms. The first-order valence-electron chi connectivity index (χ1n) is 10.4. The number of nitrogens with one attached hydrogen (secondary N) is 1. The number of carbonyl (C=O) groups is 1. The monoisotopic (exact) mass is 435 g/mol. The van der Waals surface area contributed by atoms with Crippen molar-refractivity contribution in [2.24, 2.45) is 0 Å². The maximum Gasteiger partial charge on any atom is 0.317 e. The third kappa shape index (κ3) is 4.06. The lowest BCUT2D eigenvalue weighted by Crippen LogP contribution is -2.41. The Hall–Kier alpha value is -2.82. The van der Waals surface area contributed by atoms with Crippen LogP contribution in [0.3, 0.4) is 0 Å². The molecule has 2 aromatic rings. The largest absolute Gasteiger partial charge is 0.381 e. The van der Waals surface area contributed by atoms with Gasteiger partial charge in [-0.3, -0.25) is 4.68 Å². The second-order valence-corrected chi connectivity index (χ2v) is 7.87. The highest BCUT2D eigenvalue weighted by atomic mass is 19.3. The summed E-state index contributed by atoms with van der Waals surface area (Å²) < 4.78 is 34.3. The number of alkyl halides is 2. The Morgan fingerprint density at radius 1 is 1.32 bits per heavy atom. The van der Waals surface area contributed by atoms with E-state index < -0.39 is 6.43 Å². The third-order valence-electron chi connectivity index (χ3n) is 6.00. The number of aromatic nitrogens is 4. The Bertz CT molecular complexity index is 959. The van der Waals surface area contributed by atoms with Gasteiger partial charge in [-0.1, -0.05) is 0 Å². The van der Waals surface area contributed by atoms with Crippen molar-refractivity contribution in [1.29, 1.82) is 0 Å². The number of amides is 2. The topological polar surface area (TPSA) is 88.4 Å². The first-order valence-corrected chi connectivity index (χ1v) is 10.4. The van der Waals surface area contributed by atoms with E-state index in [1.54, 1.807) is 23.9 Å². The van der Waals surface area contributed by atoms with E-state index in [9.17, 15) is 13.6 Å². The minimum absolute atomic E-state index is 0.151. The van der Waals surface area contributed by atoms with Crippen LogP contribution in [0, 0.1) is 6.92 Å². The summed E-state index contributed by atoms with van der Waals surface area (Å²) >= 11 is 0. The van der Waals surface area contributed by atoms with Gasteiger partial charge in [0.2, 0.25) is 0 Å². The van der Waals surface area contributed by atoms with Crippen LogP contribution in [0.1, 0.15) is 47.8 Å². The molecular weight excluding hydrogens is 408 g/mol. The summed E-state index contributed by atoms with van der Waals surface area (Å²) in [5, 5.41) is 15.6. The molecule has 0 radical (unpaired) electrons. The Kier molecular flexibility index (Phi) is 6.03. The van der Waals surface area contributed by atoms with Gasteiger partial charge in [0, 0.05) is 57.1 Å². The minimum Gasteiger partial charge on any atom is -0.381 e. The van der Waals surface area contributed by atoms with E-state index in [0.29, 0.717) is 38.5 Å². The molecule has 1 saturated heterocycles. The average Bonchev–Trinajstić information content (AvgIpc) is 3.17. The number of halogens is 2. The highest BCUT2D eigenvalue weighted by Gasteiger charge is 2.32. The Labute approximate surface area is 179 Å². The van der Waals surface area contributed by atoms with Gasteiger partial charge >= 0.3 is 6.03 Å². The molecule has 11 heteroatoms. The number of anilines is 2. The zero-order valence-corrected chi connectivity index (χ0v) is 17.9. The van der Waals surface area contributed by atoms with Gasteiger partial charge in [0.15, 0.2) is 11.6 Å². The number of rotatable bonds is 4. The average molecular weight is 435 g/mol. The van der Waals surface area contributed by atoms with E-state index in [2.05, 4.69) is 15.5 Å². The van der Waals surface area contributed by atoms with Gasteiger partial charge in [0.25, 0.3) is 6.43 Å². The zero-order valence-electron chi connectivity index (χ0n) is 17.9. The van der Waals surface area contributed by atoms with Crippen LogP contribution in [-0.2, 0) is 17.7 Å². The zero-order chi connectivity index (χ0) is 22.1. The maximum absolute atomic E-state index is 13.4. The number of hydrogen-bond donors (Lipinski definition) is 1. The summed E-state index contributed by atoms with van der Waals surface area (Å²) in [4.78, 5) is 15.6. The molecule has 0 spiro atoms. The molecule has 2 aliphatic heterocycles. The molecule has 9 nitrogen and oxygen atoms in total. The lowest BCUT2D eigenvalue weighted by atomic mass is 10.0. The predicted molar refractivity (Wildman–Crippen MR) is 110 cm³/mol. The first kappa shape index (κ1) is 21.4. The fraction of sp³-hybridized carbons (Fsp3) is 0.600. The van der Waals surface area contributed by atoms with Crippen LogP contribution in [0.25, 0.3) is 0 Å². The molecule has 4 rings (SSSR count). The van der Waals surface area contributed by atoms with Gasteiger partial charge in [-0.25, -0.2) is 13.6 Å². The lowest BCUT2D eigenvalue weighted by molar-refractivity contribution is 0.0651. The van der Waals surface area contributed by atoms with Crippen LogP contribution in [0.2, 0.25) is 0 Å². The SMILES string of the molecule is CNC(=O)N1CCc2c(c(N(C)c3cc(C(F)F)c(C)nn3)nn2C2CCOCC2)C1. The van der Waals surface area contributed by atoms with Crippen LogP contribution in [-0.4, -0.2) is 64.8 Å². The molecule has 4 heterocycles. The van der Waals surface area contributed by atoms with E-state index >= 15 is 0 Å². The second kappa shape index (κ2) is 8.74. The molecule has 168 valence electrons. The molecule has 31 heavy (non-hydrogen) atoms. The van der Waals surface area contributed by atoms with Crippen LogP contribution in [0.4, 0.5) is 25.2 Å². The number of ether oxygens (including phenoxy) is 1. The molecule has 0 saturated carbocycles. The van der Waals surface area contributed by atoms with Gasteiger partial charge in [-0.05, 0) is 25.8 Å². The van der Waals surface area contributed by atoms with Crippen molar-refractivity contribution in [3.8, 4) is 0 Å². The normalized spacial score (nSPS) is 17.0. The molecular formula is C20H27F2N7O2. The van der Waals surface area contributed by atoms with Crippen molar-refractivity contribution in [3.63, 3.8) is 0 Å². The van der Waals surface area contributed by atoms with Crippen molar-refractivity contribution in [3.05, 3.63) is 28.6 Å². The van der Waals surface area contributed by atoms with Crippen LogP contribution >= 0.6 is 0 Å². The Balaban J connectivity index is 1.75. The molecule has 2 amide bonds. The number of hydrogen-bond acceptors (Lipinski definition) is 6. The van der Waals surface area contributed by atoms with Crippen molar-refractivity contribution < 1.29 is 18.3 Å². The molecule has 0 atom stereocenters. The van der Waals surface area contributed by atoms with Gasteiger partial charge in [0.1, 0.15) is 0 Å². The fourth-order valence-corrected chi connectivity index (χ4v) is 4.21. The van der Waals surface area contributed by atoms with Crippen molar-refractivity contribution in [1.82, 2.24) is 30.2 Å². The quantitative estimate of drug-likeness (QED) is 0.795. The third-order valence-corrected chi connectivity index (χ3v) is 6.00. The number of carbonyl (C=O) groups excluding carboxylic acids is 1. The summed E-state index contributed by atoms with van der Waals surface area (Å²) in [6, 6.07) is 1.40. The van der Waals surface area contributed by atoms with Crippen LogP contribution < -0.4 is 10.2 Å². The van der Waals surface area contributed by atoms with Gasteiger partial charge < -0.3 is 19.9 Å². The second-order valence-electron chi connectivity index (χ2n) is 7.87. The standard InChI is InChI=1S/C20H27F2N7O2/c1-12-14(18(21)22)10-17(25-24-12)27(3)19-15-11-28(20(30)23-2)7-4-16(15)29(26-19)13-5-8-31-9-6-13/h10,13,18H,4-9,11H2,1-3H3,(H,23,30). The Morgan fingerprint density at radius 3 is 2.74 bits per heavy atom. The summed E-state index contributed by atoms with van der Waals surface area (Å²) in [6.07, 6.45) is -0.254. The van der Waals surface area contributed by atoms with Crippen LogP contribution in [0.5, 0.6) is 0 Å². The summed E-state index contributed by atoms with van der Waals surface area (Å²) in [5.41, 5.74) is 2.03. The minimum atomic E-state index is -2.64. The van der Waals surface area contributed by atoms with E-state index in [-0.39, 0.29) is 29.1 Å². The summed E-state index contributed by atoms with van der Waals surface area (Å²) in [6.45, 7) is 3.84. The number of nitrogens with zero attached hydrogens (tertiary/aromatic N) is 6. The summed E-state index contributed by atoms with van der Waals surface area (Å²) in [7, 11) is 3.34. The van der Waals surface area contributed by atoms with Gasteiger partial charge in [0.05, 0.1) is 18.3 Å². The van der Waals surface area contributed by atoms with Crippen molar-refractivity contribution in [2.45, 2.75) is 45.2 Å². The van der Waals surface area contributed by atoms with Gasteiger partial charge in [-0.15, -0.1) is 5.10 Å². The lowest BCUT2D eigenvalue weighted by Gasteiger charge is -2.30. The number of fused-ring (bicyclic) bond motifs is 1. The van der Waals surface area contributed by atoms with E-state index in [4.69, 9.17) is 9.84 Å². The Morgan fingerprint density at radius 2 is 2.06 bits per heavy atom. The van der Waals surface area contributed by atoms with E-state index in [1.807, 2.05) is 4.68 Å². The highest BCUT2D eigenvalue weighted by molar-refractivity contribution is 5.75. The van der Waals surface area contributed by atoms with Crippen molar-refractivity contribution >= 4 is 17.7 Å². The van der Waals surface area contributed by atoms with E-state index in [1.165, 1.54) is 13.0 Å². The smallest absolute Gasteiger partial charge is 0.317 e. The molecule has 1 N–H and O–H groups in total. The molecule has 2 aromatic heterocycles. The molecule has 1 fully saturated rings. The maximum atomic E-state index is 13.4. The van der Waals surface area contributed by atoms with Crippen LogP contribution in [0.15, 0.2) is 6.07 Å². The van der Waals surface area contributed by atoms with Crippen molar-refractivity contribution in [2.75, 3.05) is 38.8 Å². The fourth-order valence-electron chi connectivity index (χ4n) is 4.21. The van der Waals surface area contributed by atoms with Gasteiger partial charge in [-0.2, -0.15) is 10.2 Å².